The van der Waals surface area contributed by atoms with Crippen molar-refractivity contribution in [1.29, 1.82) is 5.26 Å². The molecule has 1 heterocycles. The molecule has 0 spiro atoms. The van der Waals surface area contributed by atoms with Crippen LogP contribution in [0.5, 0.6) is 0 Å². The van der Waals surface area contributed by atoms with Crippen LogP contribution < -0.4 is 10.6 Å². The number of aryl methyl sites for hydroxylation is 1. The van der Waals surface area contributed by atoms with Crippen molar-refractivity contribution in [2.45, 2.75) is 26.4 Å². The molecule has 2 rings (SSSR count). The lowest BCUT2D eigenvalue weighted by Gasteiger charge is -2.11. The van der Waals surface area contributed by atoms with Crippen LogP contribution in [0.4, 0.5) is 0 Å². The first-order valence-corrected chi connectivity index (χ1v) is 8.08. The Balaban J connectivity index is 0.00000264. The van der Waals surface area contributed by atoms with Crippen molar-refractivity contribution in [2.24, 2.45) is 4.99 Å². The number of hydrogen-bond donors (Lipinski definition) is 2. The molecule has 0 aliphatic carbocycles. The standard InChI is InChI=1S/C17H20N4S.HI/c1-3-15-7-8-16(22-15)12-21-17(19-2)20-11-14-6-4-5-13(9-14)10-18;/h4-9H,3,11-12H2,1-2H3,(H2,19,20,21);1H. The van der Waals surface area contributed by atoms with Gasteiger partial charge in [-0.15, -0.1) is 35.3 Å². The summed E-state index contributed by atoms with van der Waals surface area (Å²) in [4.78, 5) is 6.92. The minimum atomic E-state index is 0. The van der Waals surface area contributed by atoms with E-state index >= 15 is 0 Å². The highest BCUT2D eigenvalue weighted by molar-refractivity contribution is 14.0. The zero-order chi connectivity index (χ0) is 15.8. The van der Waals surface area contributed by atoms with Crippen molar-refractivity contribution in [3.63, 3.8) is 0 Å². The number of nitrogens with zero attached hydrogens (tertiary/aromatic N) is 2. The molecule has 0 aliphatic heterocycles. The number of benzene rings is 1. The monoisotopic (exact) mass is 440 g/mol. The molecule has 0 amide bonds. The van der Waals surface area contributed by atoms with Crippen LogP contribution in [0.15, 0.2) is 41.4 Å². The topological polar surface area (TPSA) is 60.2 Å². The predicted molar refractivity (Wildman–Crippen MR) is 107 cm³/mol. The highest BCUT2D eigenvalue weighted by atomic mass is 127. The van der Waals surface area contributed by atoms with Crippen LogP contribution in [0.1, 0.15) is 27.8 Å². The Morgan fingerprint density at radius 2 is 1.91 bits per heavy atom. The summed E-state index contributed by atoms with van der Waals surface area (Å²) in [7, 11) is 1.76. The van der Waals surface area contributed by atoms with Gasteiger partial charge in [-0.1, -0.05) is 19.1 Å². The minimum absolute atomic E-state index is 0. The molecule has 0 atom stereocenters. The number of thiophene rings is 1. The first-order valence-electron chi connectivity index (χ1n) is 7.26. The highest BCUT2D eigenvalue weighted by Crippen LogP contribution is 2.16. The van der Waals surface area contributed by atoms with E-state index in [9.17, 15) is 0 Å². The Bertz CT molecular complexity index is 688. The Hall–Kier alpha value is -1.59. The molecule has 0 bridgehead atoms. The molecule has 0 unspecified atom stereocenters. The van der Waals surface area contributed by atoms with Gasteiger partial charge in [-0.25, -0.2) is 0 Å². The van der Waals surface area contributed by atoms with Gasteiger partial charge in [0, 0.05) is 23.3 Å². The lowest BCUT2D eigenvalue weighted by Crippen LogP contribution is -2.36. The van der Waals surface area contributed by atoms with Gasteiger partial charge in [0.15, 0.2) is 5.96 Å². The second-order valence-electron chi connectivity index (χ2n) is 4.81. The van der Waals surface area contributed by atoms with Crippen LogP contribution in [0.3, 0.4) is 0 Å². The number of rotatable bonds is 5. The van der Waals surface area contributed by atoms with Crippen LogP contribution in [0.2, 0.25) is 0 Å². The predicted octanol–water partition coefficient (Wildman–Crippen LogP) is 3.67. The normalized spacial score (nSPS) is 10.6. The summed E-state index contributed by atoms with van der Waals surface area (Å²) in [5.41, 5.74) is 1.74. The zero-order valence-electron chi connectivity index (χ0n) is 13.3. The van der Waals surface area contributed by atoms with Crippen molar-refractivity contribution < 1.29 is 0 Å². The molecule has 0 radical (unpaired) electrons. The molecule has 1 aromatic heterocycles. The lowest BCUT2D eigenvalue weighted by molar-refractivity contribution is 0.815. The van der Waals surface area contributed by atoms with Gasteiger partial charge >= 0.3 is 0 Å². The molecule has 23 heavy (non-hydrogen) atoms. The van der Waals surface area contributed by atoms with Crippen LogP contribution >= 0.6 is 35.3 Å². The van der Waals surface area contributed by atoms with Crippen LogP contribution in [-0.2, 0) is 19.5 Å². The van der Waals surface area contributed by atoms with Gasteiger partial charge in [0.05, 0.1) is 18.2 Å². The molecule has 4 nitrogen and oxygen atoms in total. The molecule has 0 saturated heterocycles. The average Bonchev–Trinajstić information content (AvgIpc) is 3.03. The third kappa shape index (κ3) is 6.20. The zero-order valence-corrected chi connectivity index (χ0v) is 16.4. The maximum absolute atomic E-state index is 8.91. The number of halogens is 1. The van der Waals surface area contributed by atoms with E-state index in [0.717, 1.165) is 24.5 Å². The lowest BCUT2D eigenvalue weighted by atomic mass is 10.1. The third-order valence-corrected chi connectivity index (χ3v) is 4.47. The largest absolute Gasteiger partial charge is 0.352 e. The Morgan fingerprint density at radius 3 is 2.57 bits per heavy atom. The molecule has 122 valence electrons. The number of aliphatic imine (C=N–C) groups is 1. The van der Waals surface area contributed by atoms with Gasteiger partial charge in [-0.3, -0.25) is 4.99 Å². The second kappa shape index (κ2) is 10.2. The number of guanidine groups is 1. The summed E-state index contributed by atoms with van der Waals surface area (Å²) in [6.45, 7) is 3.57. The molecule has 0 fully saturated rings. The van der Waals surface area contributed by atoms with Crippen molar-refractivity contribution in [2.75, 3.05) is 7.05 Å². The van der Waals surface area contributed by atoms with Gasteiger partial charge in [0.1, 0.15) is 0 Å². The van der Waals surface area contributed by atoms with E-state index in [1.54, 1.807) is 13.1 Å². The van der Waals surface area contributed by atoms with Crippen molar-refractivity contribution in [1.82, 2.24) is 10.6 Å². The van der Waals surface area contributed by atoms with Crippen molar-refractivity contribution in [3.8, 4) is 6.07 Å². The quantitative estimate of drug-likeness (QED) is 0.424. The summed E-state index contributed by atoms with van der Waals surface area (Å²) in [5.74, 6) is 0.758. The van der Waals surface area contributed by atoms with Crippen molar-refractivity contribution in [3.05, 3.63) is 57.3 Å². The summed E-state index contributed by atoms with van der Waals surface area (Å²) in [6, 6.07) is 14.0. The first kappa shape index (κ1) is 19.5. The number of nitrogens with one attached hydrogen (secondary N) is 2. The Kier molecular flexibility index (Phi) is 8.66. The molecular weight excluding hydrogens is 419 g/mol. The molecule has 6 heteroatoms. The fourth-order valence-corrected chi connectivity index (χ4v) is 2.93. The number of nitriles is 1. The van der Waals surface area contributed by atoms with Crippen LogP contribution in [0.25, 0.3) is 0 Å². The summed E-state index contributed by atoms with van der Waals surface area (Å²) in [5, 5.41) is 15.5. The fraction of sp³-hybridized carbons (Fsp3) is 0.294. The van der Waals surface area contributed by atoms with Gasteiger partial charge in [0.2, 0.25) is 0 Å². The van der Waals surface area contributed by atoms with E-state index in [2.05, 4.69) is 40.8 Å². The summed E-state index contributed by atoms with van der Waals surface area (Å²) >= 11 is 1.82. The van der Waals surface area contributed by atoms with E-state index in [0.29, 0.717) is 12.1 Å². The summed E-state index contributed by atoms with van der Waals surface area (Å²) < 4.78 is 0. The van der Waals surface area contributed by atoms with Gasteiger partial charge in [-0.05, 0) is 36.2 Å². The van der Waals surface area contributed by atoms with E-state index in [-0.39, 0.29) is 24.0 Å². The van der Waals surface area contributed by atoms with E-state index < -0.39 is 0 Å². The fourth-order valence-electron chi connectivity index (χ4n) is 2.04. The first-order chi connectivity index (χ1) is 10.7. The molecular formula is C17H21IN4S. The second-order valence-corrected chi connectivity index (χ2v) is 6.07. The highest BCUT2D eigenvalue weighted by Gasteiger charge is 2.02. The van der Waals surface area contributed by atoms with Crippen molar-refractivity contribution >= 4 is 41.3 Å². The summed E-state index contributed by atoms with van der Waals surface area (Å²) in [6.07, 6.45) is 1.08. The van der Waals surface area contributed by atoms with E-state index in [4.69, 9.17) is 5.26 Å². The SMILES string of the molecule is CCc1ccc(CNC(=NC)NCc2cccc(C#N)c2)s1.I. The molecule has 0 saturated carbocycles. The van der Waals surface area contributed by atoms with Crippen LogP contribution in [-0.4, -0.2) is 13.0 Å². The molecule has 2 aromatic rings. The van der Waals surface area contributed by atoms with E-state index in [1.807, 2.05) is 29.5 Å². The maximum atomic E-state index is 8.91. The molecule has 1 aromatic carbocycles. The minimum Gasteiger partial charge on any atom is -0.352 e. The van der Waals surface area contributed by atoms with E-state index in [1.165, 1.54) is 9.75 Å². The third-order valence-electron chi connectivity index (χ3n) is 3.24. The number of hydrogen-bond acceptors (Lipinski definition) is 3. The molecule has 2 N–H and O–H groups in total. The smallest absolute Gasteiger partial charge is 0.191 e. The molecule has 0 aliphatic rings. The maximum Gasteiger partial charge on any atom is 0.191 e. The Labute approximate surface area is 158 Å². The van der Waals surface area contributed by atoms with Gasteiger partial charge in [0.25, 0.3) is 0 Å². The Morgan fingerprint density at radius 1 is 1.17 bits per heavy atom. The van der Waals surface area contributed by atoms with Crippen LogP contribution in [0, 0.1) is 11.3 Å². The average molecular weight is 440 g/mol. The van der Waals surface area contributed by atoms with Gasteiger partial charge < -0.3 is 10.6 Å². The van der Waals surface area contributed by atoms with Gasteiger partial charge in [-0.2, -0.15) is 5.26 Å².